The SMILES string of the molecule is Cc1sc2ncnc(N3CCCCCC3)c2c1C(=O)Nc1ccccc1C(F)(F)F. The number of anilines is 2. The van der Waals surface area contributed by atoms with Gasteiger partial charge in [0.15, 0.2) is 0 Å². The van der Waals surface area contributed by atoms with Gasteiger partial charge >= 0.3 is 6.18 Å². The number of halogens is 3. The summed E-state index contributed by atoms with van der Waals surface area (Å²) in [6.07, 6.45) is 1.29. The number of thiophene rings is 1. The Labute approximate surface area is 175 Å². The van der Waals surface area contributed by atoms with Crippen molar-refractivity contribution in [3.8, 4) is 0 Å². The van der Waals surface area contributed by atoms with Crippen molar-refractivity contribution >= 4 is 39.0 Å². The molecule has 0 bridgehead atoms. The highest BCUT2D eigenvalue weighted by molar-refractivity contribution is 7.19. The van der Waals surface area contributed by atoms with Crippen LogP contribution >= 0.6 is 11.3 Å². The molecular formula is C21H21F3N4OS. The number of carbonyl (C=O) groups is 1. The number of para-hydroxylation sites is 1. The highest BCUT2D eigenvalue weighted by Crippen LogP contribution is 2.38. The van der Waals surface area contributed by atoms with Gasteiger partial charge in [-0.1, -0.05) is 25.0 Å². The maximum atomic E-state index is 13.3. The van der Waals surface area contributed by atoms with Gasteiger partial charge in [-0.25, -0.2) is 9.97 Å². The first-order valence-electron chi connectivity index (χ1n) is 9.83. The minimum atomic E-state index is -4.56. The lowest BCUT2D eigenvalue weighted by Gasteiger charge is -2.22. The molecule has 1 saturated heterocycles. The van der Waals surface area contributed by atoms with E-state index < -0.39 is 17.6 Å². The number of nitrogens with one attached hydrogen (secondary N) is 1. The predicted octanol–water partition coefficient (Wildman–Crippen LogP) is 5.65. The van der Waals surface area contributed by atoms with Crippen LogP contribution in [-0.2, 0) is 6.18 Å². The fraction of sp³-hybridized carbons (Fsp3) is 0.381. The second kappa shape index (κ2) is 8.22. The van der Waals surface area contributed by atoms with Crippen molar-refractivity contribution in [2.45, 2.75) is 38.8 Å². The van der Waals surface area contributed by atoms with E-state index in [1.54, 1.807) is 6.92 Å². The van der Waals surface area contributed by atoms with Gasteiger partial charge in [-0.15, -0.1) is 11.3 Å². The second-order valence-electron chi connectivity index (χ2n) is 7.31. The topological polar surface area (TPSA) is 58.1 Å². The molecule has 2 aromatic heterocycles. The first-order chi connectivity index (χ1) is 14.4. The quantitative estimate of drug-likeness (QED) is 0.579. The molecule has 1 N–H and O–H groups in total. The average Bonchev–Trinajstić information content (AvgIpc) is 2.86. The predicted molar refractivity (Wildman–Crippen MR) is 112 cm³/mol. The van der Waals surface area contributed by atoms with Crippen molar-refractivity contribution in [2.24, 2.45) is 0 Å². The normalized spacial score (nSPS) is 15.3. The molecule has 0 saturated carbocycles. The van der Waals surface area contributed by atoms with Crippen LogP contribution in [0.5, 0.6) is 0 Å². The molecule has 0 unspecified atom stereocenters. The number of aromatic nitrogens is 2. The van der Waals surface area contributed by atoms with Crippen LogP contribution in [0.2, 0.25) is 0 Å². The zero-order valence-corrected chi connectivity index (χ0v) is 17.2. The summed E-state index contributed by atoms with van der Waals surface area (Å²) in [7, 11) is 0. The summed E-state index contributed by atoms with van der Waals surface area (Å²) in [5, 5.41) is 3.08. The Morgan fingerprint density at radius 2 is 1.80 bits per heavy atom. The number of rotatable bonds is 3. The lowest BCUT2D eigenvalue weighted by Crippen LogP contribution is -2.26. The zero-order valence-electron chi connectivity index (χ0n) is 16.4. The van der Waals surface area contributed by atoms with E-state index in [4.69, 9.17) is 0 Å². The molecule has 3 aromatic rings. The average molecular weight is 434 g/mol. The number of carbonyl (C=O) groups excluding carboxylic acids is 1. The van der Waals surface area contributed by atoms with Crippen LogP contribution in [0.1, 0.15) is 46.5 Å². The van der Waals surface area contributed by atoms with Crippen LogP contribution in [0.4, 0.5) is 24.7 Å². The minimum Gasteiger partial charge on any atom is -0.356 e. The Bertz CT molecular complexity index is 1070. The van der Waals surface area contributed by atoms with Gasteiger partial charge in [0.25, 0.3) is 5.91 Å². The molecule has 30 heavy (non-hydrogen) atoms. The van der Waals surface area contributed by atoms with Crippen LogP contribution in [0.15, 0.2) is 30.6 Å². The fourth-order valence-electron chi connectivity index (χ4n) is 3.85. The Morgan fingerprint density at radius 1 is 1.10 bits per heavy atom. The third-order valence-electron chi connectivity index (χ3n) is 5.26. The summed E-state index contributed by atoms with van der Waals surface area (Å²) in [6, 6.07) is 4.99. The molecule has 0 aliphatic carbocycles. The molecule has 0 atom stereocenters. The lowest BCUT2D eigenvalue weighted by molar-refractivity contribution is -0.136. The van der Waals surface area contributed by atoms with E-state index >= 15 is 0 Å². The molecule has 9 heteroatoms. The summed E-state index contributed by atoms with van der Waals surface area (Å²) in [5.41, 5.74) is -0.798. The zero-order chi connectivity index (χ0) is 21.3. The lowest BCUT2D eigenvalue weighted by atomic mass is 10.1. The standard InChI is InChI=1S/C21H21F3N4OS/c1-13-16(19(29)27-15-9-5-4-8-14(15)21(22,23)24)17-18(25-12-26-20(17)30-13)28-10-6-2-3-7-11-28/h4-5,8-9,12H,2-3,6-7,10-11H2,1H3,(H,27,29). The van der Waals surface area contributed by atoms with Crippen molar-refractivity contribution in [1.82, 2.24) is 9.97 Å². The van der Waals surface area contributed by atoms with Crippen LogP contribution in [0.25, 0.3) is 10.2 Å². The van der Waals surface area contributed by atoms with Crippen molar-refractivity contribution in [1.29, 1.82) is 0 Å². The summed E-state index contributed by atoms with van der Waals surface area (Å²) in [6.45, 7) is 3.45. The van der Waals surface area contributed by atoms with Gasteiger partial charge in [-0.3, -0.25) is 4.79 Å². The molecule has 1 aromatic carbocycles. The molecule has 1 aliphatic rings. The Kier molecular flexibility index (Phi) is 5.64. The van der Waals surface area contributed by atoms with E-state index in [0.29, 0.717) is 26.5 Å². The van der Waals surface area contributed by atoms with E-state index in [-0.39, 0.29) is 5.69 Å². The first kappa shape index (κ1) is 20.6. The van der Waals surface area contributed by atoms with Gasteiger partial charge in [0, 0.05) is 18.0 Å². The maximum absolute atomic E-state index is 13.3. The van der Waals surface area contributed by atoms with Crippen molar-refractivity contribution in [2.75, 3.05) is 23.3 Å². The third-order valence-corrected chi connectivity index (χ3v) is 6.27. The van der Waals surface area contributed by atoms with Gasteiger partial charge in [0.1, 0.15) is 17.0 Å². The Hall–Kier alpha value is -2.68. The number of fused-ring (bicyclic) bond motifs is 1. The van der Waals surface area contributed by atoms with Crippen LogP contribution in [-0.4, -0.2) is 29.0 Å². The molecule has 1 aliphatic heterocycles. The monoisotopic (exact) mass is 434 g/mol. The Balaban J connectivity index is 1.76. The molecule has 3 heterocycles. The van der Waals surface area contributed by atoms with Crippen molar-refractivity contribution in [3.05, 3.63) is 46.6 Å². The number of amides is 1. The summed E-state index contributed by atoms with van der Waals surface area (Å²) in [5.74, 6) is 0.0989. The summed E-state index contributed by atoms with van der Waals surface area (Å²) >= 11 is 1.35. The molecule has 0 radical (unpaired) electrons. The van der Waals surface area contributed by atoms with Gasteiger partial charge in [-0.05, 0) is 31.9 Å². The molecule has 1 fully saturated rings. The maximum Gasteiger partial charge on any atom is 0.418 e. The van der Waals surface area contributed by atoms with Crippen molar-refractivity contribution < 1.29 is 18.0 Å². The minimum absolute atomic E-state index is 0.262. The molecule has 0 spiro atoms. The number of hydrogen-bond donors (Lipinski definition) is 1. The fourth-order valence-corrected chi connectivity index (χ4v) is 4.83. The van der Waals surface area contributed by atoms with Crippen LogP contribution in [0, 0.1) is 6.92 Å². The highest BCUT2D eigenvalue weighted by atomic mass is 32.1. The third kappa shape index (κ3) is 3.98. The number of aryl methyl sites for hydroxylation is 1. The second-order valence-corrected chi connectivity index (χ2v) is 8.51. The largest absolute Gasteiger partial charge is 0.418 e. The van der Waals surface area contributed by atoms with E-state index in [2.05, 4.69) is 20.2 Å². The van der Waals surface area contributed by atoms with Crippen LogP contribution in [0.3, 0.4) is 0 Å². The van der Waals surface area contributed by atoms with Gasteiger partial charge in [0.05, 0.1) is 22.2 Å². The molecule has 5 nitrogen and oxygen atoms in total. The van der Waals surface area contributed by atoms with Crippen LogP contribution < -0.4 is 10.2 Å². The number of nitrogens with zero attached hydrogens (tertiary/aromatic N) is 3. The smallest absolute Gasteiger partial charge is 0.356 e. The number of hydrogen-bond acceptors (Lipinski definition) is 5. The van der Waals surface area contributed by atoms with Gasteiger partial charge < -0.3 is 10.2 Å². The van der Waals surface area contributed by atoms with Gasteiger partial charge in [-0.2, -0.15) is 13.2 Å². The van der Waals surface area contributed by atoms with Crippen molar-refractivity contribution in [3.63, 3.8) is 0 Å². The molecule has 4 rings (SSSR count). The number of alkyl halides is 3. The van der Waals surface area contributed by atoms with E-state index in [0.717, 1.165) is 44.8 Å². The van der Waals surface area contributed by atoms with E-state index in [1.807, 2.05) is 0 Å². The molecular weight excluding hydrogens is 413 g/mol. The first-order valence-corrected chi connectivity index (χ1v) is 10.6. The summed E-state index contributed by atoms with van der Waals surface area (Å²) < 4.78 is 40.0. The Morgan fingerprint density at radius 3 is 2.50 bits per heavy atom. The number of benzene rings is 1. The van der Waals surface area contributed by atoms with E-state index in [9.17, 15) is 18.0 Å². The molecule has 158 valence electrons. The van der Waals surface area contributed by atoms with Gasteiger partial charge in [0.2, 0.25) is 0 Å². The molecule has 1 amide bonds. The summed E-state index contributed by atoms with van der Waals surface area (Å²) in [4.78, 5) is 25.4. The van der Waals surface area contributed by atoms with E-state index in [1.165, 1.54) is 35.9 Å². The highest BCUT2D eigenvalue weighted by Gasteiger charge is 2.34.